The van der Waals surface area contributed by atoms with Crippen molar-refractivity contribution in [3.05, 3.63) is 35.6 Å². The summed E-state index contributed by atoms with van der Waals surface area (Å²) in [6.07, 6.45) is 5.60. The van der Waals surface area contributed by atoms with Crippen LogP contribution in [0, 0.1) is 5.82 Å². The molecular formula is C15H21FN2O2. The van der Waals surface area contributed by atoms with Gasteiger partial charge in [0.2, 0.25) is 5.91 Å². The minimum Gasteiger partial charge on any atom is -0.273 e. The first-order valence-corrected chi connectivity index (χ1v) is 6.99. The van der Waals surface area contributed by atoms with Crippen LogP contribution in [0.2, 0.25) is 0 Å². The van der Waals surface area contributed by atoms with Crippen molar-refractivity contribution in [2.75, 3.05) is 0 Å². The summed E-state index contributed by atoms with van der Waals surface area (Å²) in [5.41, 5.74) is 4.42. The summed E-state index contributed by atoms with van der Waals surface area (Å²) in [6, 6.07) is 5.63. The lowest BCUT2D eigenvalue weighted by molar-refractivity contribution is -0.122. The van der Waals surface area contributed by atoms with Gasteiger partial charge in [0.15, 0.2) is 0 Å². The van der Waals surface area contributed by atoms with Crippen LogP contribution in [0.5, 0.6) is 0 Å². The fraction of sp³-hybridized carbons (Fsp3) is 0.467. The van der Waals surface area contributed by atoms with Crippen LogP contribution in [-0.2, 0) is 4.79 Å². The number of amides is 2. The van der Waals surface area contributed by atoms with E-state index in [1.807, 2.05) is 0 Å². The number of halogens is 1. The zero-order chi connectivity index (χ0) is 14.8. The van der Waals surface area contributed by atoms with Gasteiger partial charge in [-0.25, -0.2) is 4.39 Å². The molecule has 1 aromatic rings. The molecule has 0 fully saturated rings. The van der Waals surface area contributed by atoms with Crippen molar-refractivity contribution in [2.24, 2.45) is 0 Å². The van der Waals surface area contributed by atoms with E-state index < -0.39 is 11.7 Å². The zero-order valence-electron chi connectivity index (χ0n) is 11.7. The molecule has 110 valence electrons. The largest absolute Gasteiger partial charge is 0.273 e. The van der Waals surface area contributed by atoms with Crippen LogP contribution in [0.1, 0.15) is 55.8 Å². The van der Waals surface area contributed by atoms with Crippen LogP contribution in [0.3, 0.4) is 0 Å². The van der Waals surface area contributed by atoms with E-state index in [0.717, 1.165) is 25.7 Å². The number of hydrogen-bond acceptors (Lipinski definition) is 2. The average Bonchev–Trinajstić information content (AvgIpc) is 2.45. The highest BCUT2D eigenvalue weighted by Crippen LogP contribution is 2.06. The molecule has 0 saturated carbocycles. The Bertz CT molecular complexity index is 449. The Balaban J connectivity index is 2.24. The Morgan fingerprint density at radius 2 is 1.75 bits per heavy atom. The standard InChI is InChI=1S/C15H21FN2O2/c1-2-3-4-5-6-11-14(19)17-18-15(20)12-9-7-8-10-13(12)16/h7-10H,2-6,11H2,1H3,(H,17,19)(H,18,20). The molecule has 1 rings (SSSR count). The molecule has 0 aliphatic heterocycles. The molecule has 0 radical (unpaired) electrons. The molecule has 0 spiro atoms. The molecule has 20 heavy (non-hydrogen) atoms. The highest BCUT2D eigenvalue weighted by molar-refractivity contribution is 5.95. The molecule has 4 nitrogen and oxygen atoms in total. The number of hydrogen-bond donors (Lipinski definition) is 2. The van der Waals surface area contributed by atoms with E-state index in [4.69, 9.17) is 0 Å². The van der Waals surface area contributed by atoms with Gasteiger partial charge in [-0.05, 0) is 18.6 Å². The highest BCUT2D eigenvalue weighted by Gasteiger charge is 2.11. The van der Waals surface area contributed by atoms with Crippen molar-refractivity contribution in [1.82, 2.24) is 10.9 Å². The number of unbranched alkanes of at least 4 members (excludes halogenated alkanes) is 4. The van der Waals surface area contributed by atoms with Gasteiger partial charge < -0.3 is 0 Å². The molecule has 5 heteroatoms. The third kappa shape index (κ3) is 5.82. The lowest BCUT2D eigenvalue weighted by atomic mass is 10.1. The van der Waals surface area contributed by atoms with Crippen molar-refractivity contribution in [2.45, 2.75) is 45.4 Å². The van der Waals surface area contributed by atoms with Gasteiger partial charge in [-0.3, -0.25) is 20.4 Å². The lowest BCUT2D eigenvalue weighted by Gasteiger charge is -2.07. The monoisotopic (exact) mass is 280 g/mol. The summed E-state index contributed by atoms with van der Waals surface area (Å²) in [5, 5.41) is 0. The van der Waals surface area contributed by atoms with Gasteiger partial charge in [-0.1, -0.05) is 44.7 Å². The minimum atomic E-state index is -0.651. The Labute approximate surface area is 118 Å². The SMILES string of the molecule is CCCCCCCC(=O)NNC(=O)c1ccccc1F. The summed E-state index contributed by atoms with van der Waals surface area (Å²) in [7, 11) is 0. The van der Waals surface area contributed by atoms with E-state index in [2.05, 4.69) is 17.8 Å². The van der Waals surface area contributed by atoms with E-state index in [-0.39, 0.29) is 11.5 Å². The number of rotatable bonds is 7. The molecule has 0 bridgehead atoms. The second-order valence-corrected chi connectivity index (χ2v) is 4.65. The maximum atomic E-state index is 13.3. The van der Waals surface area contributed by atoms with Gasteiger partial charge in [0, 0.05) is 6.42 Å². The van der Waals surface area contributed by atoms with Crippen LogP contribution >= 0.6 is 0 Å². The second kappa shape index (κ2) is 9.07. The number of nitrogens with one attached hydrogen (secondary N) is 2. The molecule has 0 unspecified atom stereocenters. The third-order valence-electron chi connectivity index (χ3n) is 2.94. The third-order valence-corrected chi connectivity index (χ3v) is 2.94. The molecule has 1 aromatic carbocycles. The van der Waals surface area contributed by atoms with E-state index in [0.29, 0.717) is 6.42 Å². The van der Waals surface area contributed by atoms with Crippen molar-refractivity contribution < 1.29 is 14.0 Å². The predicted octanol–water partition coefficient (Wildman–Crippen LogP) is 2.95. The highest BCUT2D eigenvalue weighted by atomic mass is 19.1. The minimum absolute atomic E-state index is 0.0873. The van der Waals surface area contributed by atoms with Crippen LogP contribution in [-0.4, -0.2) is 11.8 Å². The van der Waals surface area contributed by atoms with Gasteiger partial charge >= 0.3 is 0 Å². The van der Waals surface area contributed by atoms with Crippen LogP contribution in [0.15, 0.2) is 24.3 Å². The topological polar surface area (TPSA) is 58.2 Å². The summed E-state index contributed by atoms with van der Waals surface area (Å²) in [4.78, 5) is 23.1. The maximum absolute atomic E-state index is 13.3. The molecule has 0 aliphatic carbocycles. The van der Waals surface area contributed by atoms with Crippen molar-refractivity contribution in [3.63, 3.8) is 0 Å². The molecule has 0 atom stereocenters. The predicted molar refractivity (Wildman–Crippen MR) is 75.4 cm³/mol. The zero-order valence-corrected chi connectivity index (χ0v) is 11.7. The molecule has 0 aliphatic rings. The van der Waals surface area contributed by atoms with E-state index in [1.54, 1.807) is 6.07 Å². The fourth-order valence-electron chi connectivity index (χ4n) is 1.79. The summed E-state index contributed by atoms with van der Waals surface area (Å²) < 4.78 is 13.3. The van der Waals surface area contributed by atoms with E-state index in [1.165, 1.54) is 24.6 Å². The molecule has 2 N–H and O–H groups in total. The first kappa shape index (κ1) is 16.1. The smallest absolute Gasteiger partial charge is 0.272 e. The Morgan fingerprint density at radius 3 is 2.45 bits per heavy atom. The molecule has 0 heterocycles. The van der Waals surface area contributed by atoms with E-state index in [9.17, 15) is 14.0 Å². The van der Waals surface area contributed by atoms with Crippen LogP contribution in [0.4, 0.5) is 4.39 Å². The number of hydrazine groups is 1. The van der Waals surface area contributed by atoms with Gasteiger partial charge in [0.1, 0.15) is 5.82 Å². The number of benzene rings is 1. The van der Waals surface area contributed by atoms with Crippen molar-refractivity contribution in [1.29, 1.82) is 0 Å². The lowest BCUT2D eigenvalue weighted by Crippen LogP contribution is -2.41. The summed E-state index contributed by atoms with van der Waals surface area (Å²) in [5.74, 6) is -1.52. The Hall–Kier alpha value is -1.91. The van der Waals surface area contributed by atoms with Gasteiger partial charge in [-0.15, -0.1) is 0 Å². The first-order valence-electron chi connectivity index (χ1n) is 6.99. The first-order chi connectivity index (χ1) is 9.65. The second-order valence-electron chi connectivity index (χ2n) is 4.65. The van der Waals surface area contributed by atoms with E-state index >= 15 is 0 Å². The number of carbonyl (C=O) groups is 2. The Morgan fingerprint density at radius 1 is 1.05 bits per heavy atom. The summed E-state index contributed by atoms with van der Waals surface area (Å²) >= 11 is 0. The molecule has 2 amide bonds. The fourth-order valence-corrected chi connectivity index (χ4v) is 1.79. The number of carbonyl (C=O) groups excluding carboxylic acids is 2. The summed E-state index contributed by atoms with van der Waals surface area (Å²) in [6.45, 7) is 2.13. The van der Waals surface area contributed by atoms with Gasteiger partial charge in [-0.2, -0.15) is 0 Å². The van der Waals surface area contributed by atoms with Crippen molar-refractivity contribution in [3.8, 4) is 0 Å². The maximum Gasteiger partial charge on any atom is 0.272 e. The van der Waals surface area contributed by atoms with Crippen LogP contribution in [0.25, 0.3) is 0 Å². The molecule has 0 saturated heterocycles. The quantitative estimate of drug-likeness (QED) is 0.596. The van der Waals surface area contributed by atoms with Gasteiger partial charge in [0.25, 0.3) is 5.91 Å². The molecular weight excluding hydrogens is 259 g/mol. The average molecular weight is 280 g/mol. The normalized spacial score (nSPS) is 10.1. The van der Waals surface area contributed by atoms with Gasteiger partial charge in [0.05, 0.1) is 5.56 Å². The molecule has 0 aromatic heterocycles. The van der Waals surface area contributed by atoms with Crippen LogP contribution < -0.4 is 10.9 Å². The van der Waals surface area contributed by atoms with Crippen molar-refractivity contribution >= 4 is 11.8 Å². The Kier molecular flexibility index (Phi) is 7.32.